The molecule has 1 aromatic rings. The first kappa shape index (κ1) is 11.7. The minimum absolute atomic E-state index is 0.0587. The molecule has 1 amide bonds. The molecule has 0 heterocycles. The first-order valence-electron chi connectivity index (χ1n) is 4.78. The second-order valence-corrected chi connectivity index (χ2v) is 3.64. The largest absolute Gasteiger partial charge is 0.391 e. The van der Waals surface area contributed by atoms with Crippen LogP contribution in [0.25, 0.3) is 0 Å². The van der Waals surface area contributed by atoms with Crippen LogP contribution in [0.1, 0.15) is 24.9 Å². The van der Waals surface area contributed by atoms with Gasteiger partial charge >= 0.3 is 0 Å². The van der Waals surface area contributed by atoms with Crippen molar-refractivity contribution in [2.24, 2.45) is 5.73 Å². The Bertz CT molecular complexity index is 351. The van der Waals surface area contributed by atoms with Crippen LogP contribution >= 0.6 is 12.2 Å². The zero-order valence-corrected chi connectivity index (χ0v) is 9.38. The second-order valence-electron chi connectivity index (χ2n) is 3.17. The molecule has 0 fully saturated rings. The Morgan fingerprint density at radius 1 is 1.47 bits per heavy atom. The lowest BCUT2D eigenvalue weighted by Crippen LogP contribution is -2.36. The molecule has 3 N–H and O–H groups in total. The van der Waals surface area contributed by atoms with Gasteiger partial charge < -0.3 is 11.1 Å². The van der Waals surface area contributed by atoms with E-state index in [1.165, 1.54) is 0 Å². The van der Waals surface area contributed by atoms with Crippen LogP contribution in [0.3, 0.4) is 0 Å². The molecule has 0 aliphatic heterocycles. The van der Waals surface area contributed by atoms with Crippen molar-refractivity contribution in [2.75, 3.05) is 0 Å². The number of nitrogens with one attached hydrogen (secondary N) is 1. The van der Waals surface area contributed by atoms with Gasteiger partial charge in [-0.05, 0) is 5.56 Å². The zero-order chi connectivity index (χ0) is 11.3. The van der Waals surface area contributed by atoms with Crippen molar-refractivity contribution in [1.29, 1.82) is 0 Å². The van der Waals surface area contributed by atoms with Crippen molar-refractivity contribution in [3.8, 4) is 0 Å². The maximum atomic E-state index is 11.3. The van der Waals surface area contributed by atoms with Crippen molar-refractivity contribution in [3.05, 3.63) is 35.9 Å². The van der Waals surface area contributed by atoms with Gasteiger partial charge in [-0.1, -0.05) is 49.5 Å². The highest BCUT2D eigenvalue weighted by molar-refractivity contribution is 7.80. The topological polar surface area (TPSA) is 55.1 Å². The van der Waals surface area contributed by atoms with E-state index < -0.39 is 0 Å². The van der Waals surface area contributed by atoms with Crippen molar-refractivity contribution in [1.82, 2.24) is 5.32 Å². The van der Waals surface area contributed by atoms with Crippen molar-refractivity contribution in [2.45, 2.75) is 19.4 Å². The standard InChI is InChI=1S/C11H14N2OS/c1-2-9(14)13-10(11(12)15)8-6-4-3-5-7-8/h3-7,10H,2H2,1H3,(H2,12,15)(H,13,14). The van der Waals surface area contributed by atoms with Crippen LogP contribution in [-0.4, -0.2) is 10.9 Å². The molecule has 0 aliphatic rings. The van der Waals surface area contributed by atoms with Gasteiger partial charge in [0.2, 0.25) is 5.91 Å². The van der Waals surface area contributed by atoms with Gasteiger partial charge in [0.1, 0.15) is 11.0 Å². The summed E-state index contributed by atoms with van der Waals surface area (Å²) in [6, 6.07) is 9.09. The minimum atomic E-state index is -0.367. The third kappa shape index (κ3) is 3.32. The molecule has 4 heteroatoms. The highest BCUT2D eigenvalue weighted by Gasteiger charge is 2.15. The minimum Gasteiger partial charge on any atom is -0.391 e. The van der Waals surface area contributed by atoms with Crippen LogP contribution in [0, 0.1) is 0 Å². The van der Waals surface area contributed by atoms with Crippen LogP contribution in [0.5, 0.6) is 0 Å². The summed E-state index contributed by atoms with van der Waals surface area (Å²) in [5.74, 6) is -0.0587. The molecule has 80 valence electrons. The van der Waals surface area contributed by atoms with Crippen LogP contribution in [-0.2, 0) is 4.79 Å². The molecule has 0 bridgehead atoms. The van der Waals surface area contributed by atoms with Crippen molar-refractivity contribution in [3.63, 3.8) is 0 Å². The summed E-state index contributed by atoms with van der Waals surface area (Å²) in [6.07, 6.45) is 0.423. The monoisotopic (exact) mass is 222 g/mol. The van der Waals surface area contributed by atoms with Crippen molar-refractivity contribution >= 4 is 23.1 Å². The molecule has 1 atom stereocenters. The van der Waals surface area contributed by atoms with E-state index >= 15 is 0 Å². The van der Waals surface area contributed by atoms with Gasteiger partial charge in [0, 0.05) is 6.42 Å². The van der Waals surface area contributed by atoms with Crippen molar-refractivity contribution < 1.29 is 4.79 Å². The van der Waals surface area contributed by atoms with Gasteiger partial charge in [0.15, 0.2) is 0 Å². The van der Waals surface area contributed by atoms with E-state index in [0.29, 0.717) is 6.42 Å². The average Bonchev–Trinajstić information content (AvgIpc) is 2.26. The first-order chi connectivity index (χ1) is 7.15. The van der Waals surface area contributed by atoms with E-state index in [1.54, 1.807) is 6.92 Å². The number of amides is 1. The van der Waals surface area contributed by atoms with E-state index in [4.69, 9.17) is 18.0 Å². The summed E-state index contributed by atoms with van der Waals surface area (Å²) in [6.45, 7) is 1.79. The number of hydrogen-bond acceptors (Lipinski definition) is 2. The lowest BCUT2D eigenvalue weighted by atomic mass is 10.1. The number of rotatable bonds is 4. The highest BCUT2D eigenvalue weighted by atomic mass is 32.1. The molecular weight excluding hydrogens is 208 g/mol. The van der Waals surface area contributed by atoms with E-state index in [-0.39, 0.29) is 16.9 Å². The van der Waals surface area contributed by atoms with Gasteiger partial charge in [0.25, 0.3) is 0 Å². The molecule has 0 spiro atoms. The molecule has 0 saturated carbocycles. The van der Waals surface area contributed by atoms with E-state index in [0.717, 1.165) is 5.56 Å². The number of benzene rings is 1. The fourth-order valence-electron chi connectivity index (χ4n) is 1.23. The summed E-state index contributed by atoms with van der Waals surface area (Å²) in [5, 5.41) is 2.78. The van der Waals surface area contributed by atoms with E-state index in [2.05, 4.69) is 5.32 Å². The zero-order valence-electron chi connectivity index (χ0n) is 8.57. The third-order valence-corrected chi connectivity index (χ3v) is 2.28. The predicted octanol–water partition coefficient (Wildman–Crippen LogP) is 1.54. The van der Waals surface area contributed by atoms with Crippen LogP contribution in [0.4, 0.5) is 0 Å². The fourth-order valence-corrected chi connectivity index (χ4v) is 1.42. The molecule has 15 heavy (non-hydrogen) atoms. The molecule has 0 radical (unpaired) electrons. The summed E-state index contributed by atoms with van der Waals surface area (Å²) in [7, 11) is 0. The maximum Gasteiger partial charge on any atom is 0.220 e. The van der Waals surface area contributed by atoms with Gasteiger partial charge in [-0.15, -0.1) is 0 Å². The highest BCUT2D eigenvalue weighted by Crippen LogP contribution is 2.12. The molecular formula is C11H14N2OS. The summed E-state index contributed by atoms with van der Waals surface area (Å²) >= 11 is 4.93. The first-order valence-corrected chi connectivity index (χ1v) is 5.19. The molecule has 1 aromatic carbocycles. The third-order valence-electron chi connectivity index (χ3n) is 2.04. The quantitative estimate of drug-likeness (QED) is 0.760. The smallest absolute Gasteiger partial charge is 0.220 e. The Morgan fingerprint density at radius 2 is 2.07 bits per heavy atom. The number of thiocarbonyl (C=S) groups is 1. The van der Waals surface area contributed by atoms with E-state index in [9.17, 15) is 4.79 Å². The van der Waals surface area contributed by atoms with Crippen LogP contribution in [0.2, 0.25) is 0 Å². The Balaban J connectivity index is 2.84. The average molecular weight is 222 g/mol. The Kier molecular flexibility index (Phi) is 4.24. The molecule has 0 saturated heterocycles. The normalized spacial score (nSPS) is 11.8. The van der Waals surface area contributed by atoms with Gasteiger partial charge in [-0.2, -0.15) is 0 Å². The number of nitrogens with two attached hydrogens (primary N) is 1. The summed E-state index contributed by atoms with van der Waals surface area (Å²) < 4.78 is 0. The van der Waals surface area contributed by atoms with Crippen LogP contribution < -0.4 is 11.1 Å². The molecule has 0 aromatic heterocycles. The van der Waals surface area contributed by atoms with E-state index in [1.807, 2.05) is 30.3 Å². The lowest BCUT2D eigenvalue weighted by molar-refractivity contribution is -0.121. The van der Waals surface area contributed by atoms with Gasteiger partial charge in [0.05, 0.1) is 0 Å². The Morgan fingerprint density at radius 3 is 2.53 bits per heavy atom. The molecule has 0 aliphatic carbocycles. The summed E-state index contributed by atoms with van der Waals surface area (Å²) in [4.78, 5) is 11.6. The molecule has 1 unspecified atom stereocenters. The molecule has 3 nitrogen and oxygen atoms in total. The maximum absolute atomic E-state index is 11.3. The second kappa shape index (κ2) is 5.46. The number of carbonyl (C=O) groups excluding carboxylic acids is 1. The number of hydrogen-bond donors (Lipinski definition) is 2. The van der Waals surface area contributed by atoms with Crippen LogP contribution in [0.15, 0.2) is 30.3 Å². The predicted molar refractivity (Wildman–Crippen MR) is 64.4 cm³/mol. The SMILES string of the molecule is CCC(=O)NC(C(N)=S)c1ccccc1. The molecule has 1 rings (SSSR count). The van der Waals surface area contributed by atoms with Gasteiger partial charge in [-0.3, -0.25) is 4.79 Å². The van der Waals surface area contributed by atoms with Gasteiger partial charge in [-0.25, -0.2) is 0 Å². The Hall–Kier alpha value is -1.42. The number of carbonyl (C=O) groups is 1. The fraction of sp³-hybridized carbons (Fsp3) is 0.273. The lowest BCUT2D eigenvalue weighted by Gasteiger charge is -2.17. The summed E-state index contributed by atoms with van der Waals surface area (Å²) in [5.41, 5.74) is 6.50. The Labute approximate surface area is 94.7 Å².